The standard InChI is InChI=1S/C16H12F2N2/c17-15(18)14-11-20(13-9-5-2-6-10-13)16(19-14)12-7-3-1-4-8-12/h1-11,15H. The first kappa shape index (κ1) is 12.5. The Hall–Kier alpha value is -2.49. The Bertz CT molecular complexity index is 634. The van der Waals surface area contributed by atoms with E-state index >= 15 is 0 Å². The molecule has 0 unspecified atom stereocenters. The van der Waals surface area contributed by atoms with Crippen molar-refractivity contribution in [2.24, 2.45) is 0 Å². The van der Waals surface area contributed by atoms with Gasteiger partial charge in [0, 0.05) is 17.4 Å². The van der Waals surface area contributed by atoms with Crippen molar-refractivity contribution in [3.63, 3.8) is 0 Å². The van der Waals surface area contributed by atoms with E-state index in [4.69, 9.17) is 0 Å². The SMILES string of the molecule is FC(F)c1cn(-c2ccccc2)c(-c2ccccc2)n1. The molecule has 2 aromatic carbocycles. The fourth-order valence-corrected chi connectivity index (χ4v) is 2.08. The van der Waals surface area contributed by atoms with Crippen molar-refractivity contribution < 1.29 is 8.78 Å². The topological polar surface area (TPSA) is 17.8 Å². The van der Waals surface area contributed by atoms with Crippen LogP contribution in [0.15, 0.2) is 66.9 Å². The van der Waals surface area contributed by atoms with Crippen molar-refractivity contribution in [3.8, 4) is 17.1 Å². The zero-order chi connectivity index (χ0) is 13.9. The molecule has 0 bridgehead atoms. The summed E-state index contributed by atoms with van der Waals surface area (Å²) in [4.78, 5) is 4.07. The van der Waals surface area contributed by atoms with E-state index in [1.807, 2.05) is 60.7 Å². The molecule has 0 radical (unpaired) electrons. The minimum absolute atomic E-state index is 0.215. The summed E-state index contributed by atoms with van der Waals surface area (Å²) in [6, 6.07) is 18.7. The van der Waals surface area contributed by atoms with E-state index in [1.165, 1.54) is 6.20 Å². The van der Waals surface area contributed by atoms with Gasteiger partial charge in [0.15, 0.2) is 0 Å². The van der Waals surface area contributed by atoms with E-state index in [2.05, 4.69) is 4.98 Å². The first-order valence-electron chi connectivity index (χ1n) is 6.24. The summed E-state index contributed by atoms with van der Waals surface area (Å²) in [6.45, 7) is 0. The summed E-state index contributed by atoms with van der Waals surface area (Å²) in [5, 5.41) is 0. The Labute approximate surface area is 115 Å². The number of nitrogens with zero attached hydrogens (tertiary/aromatic N) is 2. The average Bonchev–Trinajstić information content (AvgIpc) is 2.94. The zero-order valence-corrected chi connectivity index (χ0v) is 10.6. The molecule has 0 saturated carbocycles. The van der Waals surface area contributed by atoms with Gasteiger partial charge in [-0.25, -0.2) is 13.8 Å². The molecule has 0 fully saturated rings. The Morgan fingerprint density at radius 2 is 1.45 bits per heavy atom. The van der Waals surface area contributed by atoms with Crippen LogP contribution in [0.4, 0.5) is 8.78 Å². The van der Waals surface area contributed by atoms with Crippen LogP contribution in [0, 0.1) is 0 Å². The number of hydrogen-bond donors (Lipinski definition) is 0. The predicted molar refractivity (Wildman–Crippen MR) is 74.0 cm³/mol. The van der Waals surface area contributed by atoms with Gasteiger partial charge in [0.05, 0.1) is 0 Å². The lowest BCUT2D eigenvalue weighted by Gasteiger charge is -2.07. The summed E-state index contributed by atoms with van der Waals surface area (Å²) in [5.41, 5.74) is 1.40. The molecule has 0 saturated heterocycles. The summed E-state index contributed by atoms with van der Waals surface area (Å²) >= 11 is 0. The summed E-state index contributed by atoms with van der Waals surface area (Å²) in [6.07, 6.45) is -1.19. The van der Waals surface area contributed by atoms with E-state index in [0.29, 0.717) is 5.82 Å². The second-order valence-corrected chi connectivity index (χ2v) is 4.36. The number of para-hydroxylation sites is 1. The van der Waals surface area contributed by atoms with Gasteiger partial charge in [-0.3, -0.25) is 4.57 Å². The van der Waals surface area contributed by atoms with Crippen LogP contribution < -0.4 is 0 Å². The minimum Gasteiger partial charge on any atom is -0.299 e. The number of aromatic nitrogens is 2. The maximum atomic E-state index is 12.9. The highest BCUT2D eigenvalue weighted by Gasteiger charge is 2.17. The fraction of sp³-hybridized carbons (Fsp3) is 0.0625. The Morgan fingerprint density at radius 1 is 0.850 bits per heavy atom. The Balaban J connectivity index is 2.18. The van der Waals surface area contributed by atoms with Crippen molar-refractivity contribution in [2.75, 3.05) is 0 Å². The van der Waals surface area contributed by atoms with Gasteiger partial charge in [0.2, 0.25) is 0 Å². The van der Waals surface area contributed by atoms with Crippen LogP contribution in [0.3, 0.4) is 0 Å². The normalized spacial score (nSPS) is 10.9. The molecule has 100 valence electrons. The largest absolute Gasteiger partial charge is 0.299 e. The molecular formula is C16H12F2N2. The molecule has 0 aliphatic rings. The second-order valence-electron chi connectivity index (χ2n) is 4.36. The third-order valence-electron chi connectivity index (χ3n) is 3.01. The molecule has 0 amide bonds. The molecular weight excluding hydrogens is 258 g/mol. The summed E-state index contributed by atoms with van der Waals surface area (Å²) < 4.78 is 27.5. The van der Waals surface area contributed by atoms with E-state index in [-0.39, 0.29) is 5.69 Å². The van der Waals surface area contributed by atoms with Crippen molar-refractivity contribution >= 4 is 0 Å². The lowest BCUT2D eigenvalue weighted by Crippen LogP contribution is -1.95. The minimum atomic E-state index is -2.58. The van der Waals surface area contributed by atoms with Crippen LogP contribution >= 0.6 is 0 Å². The fourth-order valence-electron chi connectivity index (χ4n) is 2.08. The monoisotopic (exact) mass is 270 g/mol. The van der Waals surface area contributed by atoms with Crippen LogP contribution in [-0.4, -0.2) is 9.55 Å². The van der Waals surface area contributed by atoms with Gasteiger partial charge in [-0.05, 0) is 12.1 Å². The summed E-state index contributed by atoms with van der Waals surface area (Å²) in [5.74, 6) is 0.520. The van der Waals surface area contributed by atoms with Crippen LogP contribution in [0.25, 0.3) is 17.1 Å². The van der Waals surface area contributed by atoms with Gasteiger partial charge < -0.3 is 0 Å². The van der Waals surface area contributed by atoms with Crippen molar-refractivity contribution in [3.05, 3.63) is 72.6 Å². The molecule has 20 heavy (non-hydrogen) atoms. The second kappa shape index (κ2) is 5.25. The number of halogens is 2. The molecule has 4 heteroatoms. The first-order chi connectivity index (χ1) is 9.75. The highest BCUT2D eigenvalue weighted by molar-refractivity contribution is 5.59. The van der Waals surface area contributed by atoms with E-state index in [1.54, 1.807) is 4.57 Å². The highest BCUT2D eigenvalue weighted by atomic mass is 19.3. The number of benzene rings is 2. The van der Waals surface area contributed by atoms with E-state index in [9.17, 15) is 8.78 Å². The Morgan fingerprint density at radius 3 is 2.05 bits per heavy atom. The van der Waals surface area contributed by atoms with Gasteiger partial charge in [0.1, 0.15) is 11.5 Å². The molecule has 0 atom stereocenters. The first-order valence-corrected chi connectivity index (χ1v) is 6.24. The quantitative estimate of drug-likeness (QED) is 0.686. The maximum absolute atomic E-state index is 12.9. The third kappa shape index (κ3) is 2.32. The third-order valence-corrected chi connectivity index (χ3v) is 3.01. The van der Waals surface area contributed by atoms with Crippen LogP contribution in [-0.2, 0) is 0 Å². The predicted octanol–water partition coefficient (Wildman–Crippen LogP) is 4.48. The molecule has 0 aliphatic heterocycles. The van der Waals surface area contributed by atoms with Gasteiger partial charge >= 0.3 is 0 Å². The van der Waals surface area contributed by atoms with Crippen molar-refractivity contribution in [2.45, 2.75) is 6.43 Å². The van der Waals surface area contributed by atoms with Gasteiger partial charge in [-0.15, -0.1) is 0 Å². The smallest absolute Gasteiger partial charge is 0.281 e. The Kier molecular flexibility index (Phi) is 3.29. The van der Waals surface area contributed by atoms with Gasteiger partial charge in [-0.1, -0.05) is 48.5 Å². The van der Waals surface area contributed by atoms with Crippen molar-refractivity contribution in [1.29, 1.82) is 0 Å². The molecule has 1 heterocycles. The molecule has 0 aliphatic carbocycles. The number of imidazole rings is 1. The zero-order valence-electron chi connectivity index (χ0n) is 10.6. The summed E-state index contributed by atoms with van der Waals surface area (Å²) in [7, 11) is 0. The maximum Gasteiger partial charge on any atom is 0.281 e. The molecule has 3 rings (SSSR count). The average molecular weight is 270 g/mol. The molecule has 3 aromatic rings. The number of alkyl halides is 2. The molecule has 1 aromatic heterocycles. The van der Waals surface area contributed by atoms with Gasteiger partial charge in [-0.2, -0.15) is 0 Å². The lowest BCUT2D eigenvalue weighted by atomic mass is 10.2. The van der Waals surface area contributed by atoms with Crippen LogP contribution in [0.2, 0.25) is 0 Å². The van der Waals surface area contributed by atoms with Gasteiger partial charge in [0.25, 0.3) is 6.43 Å². The lowest BCUT2D eigenvalue weighted by molar-refractivity contribution is 0.146. The number of rotatable bonds is 3. The number of hydrogen-bond acceptors (Lipinski definition) is 1. The van der Waals surface area contributed by atoms with Crippen LogP contribution in [0.5, 0.6) is 0 Å². The molecule has 0 spiro atoms. The van der Waals surface area contributed by atoms with E-state index in [0.717, 1.165) is 11.3 Å². The van der Waals surface area contributed by atoms with Crippen LogP contribution in [0.1, 0.15) is 12.1 Å². The van der Waals surface area contributed by atoms with Crippen molar-refractivity contribution in [1.82, 2.24) is 9.55 Å². The molecule has 0 N–H and O–H groups in total. The molecule has 2 nitrogen and oxygen atoms in total. The van der Waals surface area contributed by atoms with E-state index < -0.39 is 6.43 Å². The highest BCUT2D eigenvalue weighted by Crippen LogP contribution is 2.26.